The van der Waals surface area contributed by atoms with Gasteiger partial charge in [0.1, 0.15) is 0 Å². The van der Waals surface area contributed by atoms with E-state index in [0.29, 0.717) is 0 Å². The van der Waals surface area contributed by atoms with Crippen LogP contribution in [0.1, 0.15) is 0 Å². The van der Waals surface area contributed by atoms with Gasteiger partial charge >= 0.3 is 6.16 Å². The Morgan fingerprint density at radius 2 is 1.38 bits per heavy atom. The molecule has 8 heavy (non-hydrogen) atoms. The minimum Gasteiger partial charge on any atom is -0.450 e. The Morgan fingerprint density at radius 3 is 1.38 bits per heavy atom. The van der Waals surface area contributed by atoms with Gasteiger partial charge in [0.25, 0.3) is 0 Å². The van der Waals surface area contributed by atoms with Crippen molar-refractivity contribution in [2.45, 2.75) is 0 Å². The van der Waals surface area contributed by atoms with Crippen LogP contribution in [0.2, 0.25) is 0 Å². The number of carboxylic acid groups (broad SMARTS) is 2. The van der Waals surface area contributed by atoms with Crippen LogP contribution in [0.15, 0.2) is 24.6 Å². The summed E-state index contributed by atoms with van der Waals surface area (Å²) in [6, 6.07) is 0. The van der Waals surface area contributed by atoms with Crippen LogP contribution in [0.25, 0.3) is 0 Å². The van der Waals surface area contributed by atoms with E-state index in [1.807, 2.05) is 0 Å². The highest BCUT2D eigenvalue weighted by atomic mass is 16.6. The second-order valence-electron chi connectivity index (χ2n) is 0.636. The molecule has 0 rings (SSSR count). The maximum absolute atomic E-state index is 8.56. The molecular weight excluding hydrogens is 108 g/mol. The molecule has 0 aliphatic carbocycles. The van der Waals surface area contributed by atoms with Crippen LogP contribution in [0.5, 0.6) is 0 Å². The van der Waals surface area contributed by atoms with E-state index in [1.165, 1.54) is 0 Å². The van der Waals surface area contributed by atoms with Crippen molar-refractivity contribution in [2.24, 2.45) is 0 Å². The summed E-state index contributed by atoms with van der Waals surface area (Å²) >= 11 is 0. The average molecular weight is 114 g/mol. The van der Waals surface area contributed by atoms with Crippen LogP contribution in [-0.2, 0) is 0 Å². The number of carbonyl (C=O) groups is 1. The lowest BCUT2D eigenvalue weighted by Gasteiger charge is -1.60. The van der Waals surface area contributed by atoms with Crippen molar-refractivity contribution in [3.05, 3.63) is 24.6 Å². The third-order valence-electron chi connectivity index (χ3n) is 0.125. The second kappa shape index (κ2) is 9.13. The van der Waals surface area contributed by atoms with Gasteiger partial charge < -0.3 is 10.2 Å². The van der Waals surface area contributed by atoms with E-state index in [4.69, 9.17) is 15.0 Å². The van der Waals surface area contributed by atoms with Crippen molar-refractivity contribution >= 4 is 6.16 Å². The molecule has 0 aromatic carbocycles. The van der Waals surface area contributed by atoms with Crippen LogP contribution >= 0.6 is 0 Å². The van der Waals surface area contributed by atoms with E-state index >= 15 is 0 Å². The maximum atomic E-state index is 8.56. The highest BCUT2D eigenvalue weighted by molar-refractivity contribution is 5.53. The minimum atomic E-state index is -1.83. The second-order valence-corrected chi connectivity index (χ2v) is 0.636. The fraction of sp³-hybridized carbons (Fsp3) is 0. The Morgan fingerprint density at radius 1 is 1.25 bits per heavy atom. The quantitative estimate of drug-likeness (QED) is 0.467. The van der Waals surface area contributed by atoms with E-state index in [0.717, 1.165) is 0 Å². The Labute approximate surface area is 46.9 Å². The van der Waals surface area contributed by atoms with Gasteiger partial charge in [-0.2, -0.15) is 0 Å². The van der Waals surface area contributed by atoms with Gasteiger partial charge in [0.15, 0.2) is 0 Å². The first-order valence-corrected chi connectivity index (χ1v) is 1.61. The van der Waals surface area contributed by atoms with Crippen molar-refractivity contribution in [3.63, 3.8) is 0 Å². The third-order valence-corrected chi connectivity index (χ3v) is 0.125. The predicted octanol–water partition coefficient (Wildman–Crippen LogP) is 1.33. The first kappa shape index (κ1) is 9.76. The number of hydrogen-bond donors (Lipinski definition) is 2. The predicted molar refractivity (Wildman–Crippen MR) is 28.9 cm³/mol. The molecule has 0 unspecified atom stereocenters. The lowest BCUT2D eigenvalue weighted by molar-refractivity contribution is 0.137. The standard InChI is InChI=1S/C4H4.CH2O3/c1-3-4-2;2-1(3)4/h1-2H2;(H2,2,3,4). The fourth-order valence-corrected chi connectivity index (χ4v) is 0. The van der Waals surface area contributed by atoms with Crippen LogP contribution < -0.4 is 0 Å². The molecule has 3 nitrogen and oxygen atoms in total. The smallest absolute Gasteiger partial charge is 0.450 e. The minimum absolute atomic E-state index is 1.83. The molecule has 0 atom stereocenters. The molecule has 0 bridgehead atoms. The van der Waals surface area contributed by atoms with Crippen LogP contribution in [0.4, 0.5) is 4.79 Å². The van der Waals surface area contributed by atoms with Crippen LogP contribution in [0.3, 0.4) is 0 Å². The highest BCUT2D eigenvalue weighted by Gasteiger charge is 1.70. The molecule has 0 saturated carbocycles. The Kier molecular flexibility index (Phi) is 11.1. The lowest BCUT2D eigenvalue weighted by atomic mass is 10.9. The Balaban J connectivity index is 0. The molecule has 0 aromatic heterocycles. The number of rotatable bonds is 0. The summed E-state index contributed by atoms with van der Waals surface area (Å²) in [6.45, 7) is 6.36. The molecule has 2 N–H and O–H groups in total. The molecule has 0 aliphatic heterocycles. The molecule has 0 aliphatic rings. The molecule has 0 spiro atoms. The normalized spacial score (nSPS) is 4.50. The Hall–Kier alpha value is -1.43. The zero-order chi connectivity index (χ0) is 6.99. The summed E-state index contributed by atoms with van der Waals surface area (Å²) in [7, 11) is 0. The molecule has 0 saturated heterocycles. The monoisotopic (exact) mass is 114 g/mol. The molecule has 0 heterocycles. The van der Waals surface area contributed by atoms with E-state index in [1.54, 1.807) is 0 Å². The van der Waals surface area contributed by atoms with Gasteiger partial charge in [0.2, 0.25) is 0 Å². The number of hydrogen-bond acceptors (Lipinski definition) is 1. The summed E-state index contributed by atoms with van der Waals surface area (Å²) in [5, 5.41) is 13.9. The first-order chi connectivity index (χ1) is 3.65. The summed E-state index contributed by atoms with van der Waals surface area (Å²) < 4.78 is 0. The maximum Gasteiger partial charge on any atom is 0.503 e. The molecular formula is C5H6O3. The van der Waals surface area contributed by atoms with Crippen LogP contribution in [-0.4, -0.2) is 16.4 Å². The van der Waals surface area contributed by atoms with Crippen molar-refractivity contribution in [2.75, 3.05) is 0 Å². The summed E-state index contributed by atoms with van der Waals surface area (Å²) in [4.78, 5) is 8.56. The summed E-state index contributed by atoms with van der Waals surface area (Å²) in [6.07, 6.45) is -1.83. The zero-order valence-electron chi connectivity index (χ0n) is 4.22. The van der Waals surface area contributed by atoms with Crippen molar-refractivity contribution < 1.29 is 15.0 Å². The van der Waals surface area contributed by atoms with Gasteiger partial charge in [0.05, 0.1) is 0 Å². The highest BCUT2D eigenvalue weighted by Crippen LogP contribution is 1.42. The van der Waals surface area contributed by atoms with Crippen molar-refractivity contribution in [1.29, 1.82) is 0 Å². The van der Waals surface area contributed by atoms with Crippen molar-refractivity contribution in [3.8, 4) is 0 Å². The topological polar surface area (TPSA) is 57.5 Å². The van der Waals surface area contributed by atoms with E-state index in [9.17, 15) is 0 Å². The van der Waals surface area contributed by atoms with Gasteiger partial charge in [-0.1, -0.05) is 11.5 Å². The van der Waals surface area contributed by atoms with Gasteiger partial charge in [0, 0.05) is 0 Å². The summed E-state index contributed by atoms with van der Waals surface area (Å²) in [5.41, 5.74) is 4.64. The molecule has 0 aromatic rings. The van der Waals surface area contributed by atoms with Crippen LogP contribution in [0, 0.1) is 0 Å². The first-order valence-electron chi connectivity index (χ1n) is 1.61. The molecule has 0 radical (unpaired) electrons. The molecule has 3 heteroatoms. The van der Waals surface area contributed by atoms with E-state index in [2.05, 4.69) is 24.6 Å². The molecule has 44 valence electrons. The Bertz CT molecular complexity index is 113. The lowest BCUT2D eigenvalue weighted by Crippen LogP contribution is -1.81. The fourth-order valence-electron chi connectivity index (χ4n) is 0. The van der Waals surface area contributed by atoms with E-state index < -0.39 is 6.16 Å². The summed E-state index contributed by atoms with van der Waals surface area (Å²) in [5.74, 6) is 0. The van der Waals surface area contributed by atoms with Gasteiger partial charge in [-0.05, 0) is 13.2 Å². The SMILES string of the molecule is C=C=C=C.O=C(O)O. The third kappa shape index (κ3) is 315. The molecule has 0 fully saturated rings. The molecule has 0 amide bonds. The van der Waals surface area contributed by atoms with Gasteiger partial charge in [-0.3, -0.25) is 0 Å². The van der Waals surface area contributed by atoms with Crippen molar-refractivity contribution in [1.82, 2.24) is 0 Å². The van der Waals surface area contributed by atoms with Gasteiger partial charge in [-0.25, -0.2) is 4.79 Å². The zero-order valence-corrected chi connectivity index (χ0v) is 4.22. The van der Waals surface area contributed by atoms with E-state index in [-0.39, 0.29) is 0 Å². The average Bonchev–Trinajstić information content (AvgIpc) is 1.65. The largest absolute Gasteiger partial charge is 0.503 e. The van der Waals surface area contributed by atoms with Gasteiger partial charge in [-0.15, -0.1) is 0 Å².